The van der Waals surface area contributed by atoms with Gasteiger partial charge in [-0.3, -0.25) is 4.90 Å². The standard InChI is InChI=1S/C17H26N2/c1-16(2)10-11-17(9-6-12-18-14-17)19(16)13-15-7-4-3-5-8-15/h3-5,7-8,18H,6,9-14H2,1-2H3. The lowest BCUT2D eigenvalue weighted by Gasteiger charge is -2.47. The number of hydrogen-bond donors (Lipinski definition) is 1. The van der Waals surface area contributed by atoms with Crippen molar-refractivity contribution < 1.29 is 0 Å². The molecule has 2 fully saturated rings. The molecule has 3 rings (SSSR count). The van der Waals surface area contributed by atoms with E-state index in [-0.39, 0.29) is 0 Å². The van der Waals surface area contributed by atoms with Crippen LogP contribution < -0.4 is 5.32 Å². The second-order valence-electron chi connectivity index (χ2n) is 6.89. The summed E-state index contributed by atoms with van der Waals surface area (Å²) in [6, 6.07) is 10.9. The van der Waals surface area contributed by atoms with E-state index < -0.39 is 0 Å². The Morgan fingerprint density at radius 2 is 1.89 bits per heavy atom. The fraction of sp³-hybridized carbons (Fsp3) is 0.647. The maximum Gasteiger partial charge on any atom is 0.0343 e. The molecule has 0 radical (unpaired) electrons. The van der Waals surface area contributed by atoms with E-state index in [1.165, 1.54) is 44.3 Å². The summed E-state index contributed by atoms with van der Waals surface area (Å²) in [5, 5.41) is 3.63. The van der Waals surface area contributed by atoms with Gasteiger partial charge < -0.3 is 5.32 Å². The van der Waals surface area contributed by atoms with E-state index >= 15 is 0 Å². The summed E-state index contributed by atoms with van der Waals surface area (Å²) in [6.07, 6.45) is 5.35. The minimum absolute atomic E-state index is 0.328. The Hall–Kier alpha value is -0.860. The van der Waals surface area contributed by atoms with Crippen LogP contribution in [0.5, 0.6) is 0 Å². The molecule has 1 aromatic carbocycles. The molecule has 2 heterocycles. The molecule has 0 amide bonds. The van der Waals surface area contributed by atoms with Crippen LogP contribution in [-0.4, -0.2) is 29.1 Å². The molecular formula is C17H26N2. The Kier molecular flexibility index (Phi) is 3.40. The lowest BCUT2D eigenvalue weighted by Crippen LogP contribution is -2.58. The van der Waals surface area contributed by atoms with Crippen molar-refractivity contribution in [2.24, 2.45) is 0 Å². The number of piperidine rings is 1. The molecule has 2 aliphatic rings. The number of nitrogens with zero attached hydrogens (tertiary/aromatic N) is 1. The van der Waals surface area contributed by atoms with Gasteiger partial charge in [0, 0.05) is 24.2 Å². The fourth-order valence-corrected chi connectivity index (χ4v) is 3.99. The van der Waals surface area contributed by atoms with E-state index in [4.69, 9.17) is 0 Å². The van der Waals surface area contributed by atoms with Gasteiger partial charge in [0.1, 0.15) is 0 Å². The predicted octanol–water partition coefficient (Wildman–Crippen LogP) is 3.18. The Balaban J connectivity index is 1.85. The van der Waals surface area contributed by atoms with Crippen LogP contribution in [0.3, 0.4) is 0 Å². The van der Waals surface area contributed by atoms with E-state index in [2.05, 4.69) is 54.4 Å². The van der Waals surface area contributed by atoms with Crippen molar-refractivity contribution in [1.29, 1.82) is 0 Å². The molecule has 0 aromatic heterocycles. The van der Waals surface area contributed by atoms with Gasteiger partial charge in [0.05, 0.1) is 0 Å². The predicted molar refractivity (Wildman–Crippen MR) is 80.1 cm³/mol. The van der Waals surface area contributed by atoms with Gasteiger partial charge in [-0.25, -0.2) is 0 Å². The molecule has 19 heavy (non-hydrogen) atoms. The highest BCUT2D eigenvalue weighted by Crippen LogP contribution is 2.45. The van der Waals surface area contributed by atoms with Crippen LogP contribution in [-0.2, 0) is 6.54 Å². The SMILES string of the molecule is CC1(C)CCC2(CCCNC2)N1Cc1ccccc1. The van der Waals surface area contributed by atoms with Gasteiger partial charge in [-0.15, -0.1) is 0 Å². The highest BCUT2D eigenvalue weighted by Gasteiger charge is 2.50. The van der Waals surface area contributed by atoms with Crippen molar-refractivity contribution in [3.8, 4) is 0 Å². The van der Waals surface area contributed by atoms with Crippen LogP contribution in [0.15, 0.2) is 30.3 Å². The highest BCUT2D eigenvalue weighted by atomic mass is 15.3. The van der Waals surface area contributed by atoms with Crippen molar-refractivity contribution in [3.05, 3.63) is 35.9 Å². The molecule has 2 heteroatoms. The lowest BCUT2D eigenvalue weighted by molar-refractivity contribution is 0.0294. The average molecular weight is 258 g/mol. The number of hydrogen-bond acceptors (Lipinski definition) is 2. The van der Waals surface area contributed by atoms with Crippen LogP contribution >= 0.6 is 0 Å². The Morgan fingerprint density at radius 3 is 2.58 bits per heavy atom. The van der Waals surface area contributed by atoms with Gasteiger partial charge in [-0.2, -0.15) is 0 Å². The van der Waals surface area contributed by atoms with Crippen molar-refractivity contribution >= 4 is 0 Å². The third-order valence-electron chi connectivity index (χ3n) is 5.14. The topological polar surface area (TPSA) is 15.3 Å². The first kappa shape index (κ1) is 13.1. The molecule has 1 atom stereocenters. The molecule has 0 bridgehead atoms. The summed E-state index contributed by atoms with van der Waals surface area (Å²) < 4.78 is 0. The molecule has 2 saturated heterocycles. The third kappa shape index (κ3) is 2.44. The Labute approximate surface area is 117 Å². The third-order valence-corrected chi connectivity index (χ3v) is 5.14. The average Bonchev–Trinajstić information content (AvgIpc) is 2.66. The zero-order valence-electron chi connectivity index (χ0n) is 12.3. The van der Waals surface area contributed by atoms with Crippen molar-refractivity contribution in [2.45, 2.75) is 57.2 Å². The van der Waals surface area contributed by atoms with Crippen LogP contribution in [0.2, 0.25) is 0 Å². The molecule has 0 aliphatic carbocycles. The molecule has 1 N–H and O–H groups in total. The molecule has 2 aliphatic heterocycles. The smallest absolute Gasteiger partial charge is 0.0343 e. The summed E-state index contributed by atoms with van der Waals surface area (Å²) in [6.45, 7) is 8.29. The molecule has 0 saturated carbocycles. The summed E-state index contributed by atoms with van der Waals surface area (Å²) >= 11 is 0. The maximum absolute atomic E-state index is 3.63. The van der Waals surface area contributed by atoms with E-state index in [1.807, 2.05) is 0 Å². The number of likely N-dealkylation sites (tertiary alicyclic amines) is 1. The van der Waals surface area contributed by atoms with Gasteiger partial charge in [-0.05, 0) is 51.6 Å². The molecule has 104 valence electrons. The molecule has 1 unspecified atom stereocenters. The first-order valence-corrected chi connectivity index (χ1v) is 7.65. The van der Waals surface area contributed by atoms with Gasteiger partial charge in [0.15, 0.2) is 0 Å². The summed E-state index contributed by atoms with van der Waals surface area (Å²) in [4.78, 5) is 2.78. The first-order chi connectivity index (χ1) is 9.12. The summed E-state index contributed by atoms with van der Waals surface area (Å²) in [7, 11) is 0. The largest absolute Gasteiger partial charge is 0.315 e. The lowest BCUT2D eigenvalue weighted by atomic mass is 9.87. The number of rotatable bonds is 2. The molecule has 1 spiro atoms. The highest BCUT2D eigenvalue weighted by molar-refractivity contribution is 5.17. The van der Waals surface area contributed by atoms with Crippen molar-refractivity contribution in [1.82, 2.24) is 10.2 Å². The van der Waals surface area contributed by atoms with E-state index in [1.54, 1.807) is 0 Å². The summed E-state index contributed by atoms with van der Waals surface area (Å²) in [5.41, 5.74) is 2.18. The van der Waals surface area contributed by atoms with Crippen LogP contribution in [0.4, 0.5) is 0 Å². The molecular weight excluding hydrogens is 232 g/mol. The van der Waals surface area contributed by atoms with Crippen LogP contribution in [0.1, 0.15) is 45.1 Å². The van der Waals surface area contributed by atoms with Gasteiger partial charge >= 0.3 is 0 Å². The van der Waals surface area contributed by atoms with Crippen molar-refractivity contribution in [3.63, 3.8) is 0 Å². The molecule has 2 nitrogen and oxygen atoms in total. The monoisotopic (exact) mass is 258 g/mol. The van der Waals surface area contributed by atoms with Gasteiger partial charge in [-0.1, -0.05) is 30.3 Å². The van der Waals surface area contributed by atoms with Gasteiger partial charge in [0.2, 0.25) is 0 Å². The zero-order chi connectivity index (χ0) is 13.3. The second kappa shape index (κ2) is 4.92. The van der Waals surface area contributed by atoms with E-state index in [0.29, 0.717) is 11.1 Å². The number of nitrogens with one attached hydrogen (secondary N) is 1. The van der Waals surface area contributed by atoms with Crippen LogP contribution in [0.25, 0.3) is 0 Å². The van der Waals surface area contributed by atoms with Crippen molar-refractivity contribution in [2.75, 3.05) is 13.1 Å². The normalized spacial score (nSPS) is 30.8. The maximum atomic E-state index is 3.63. The zero-order valence-corrected chi connectivity index (χ0v) is 12.3. The Morgan fingerprint density at radius 1 is 1.11 bits per heavy atom. The van der Waals surface area contributed by atoms with Crippen LogP contribution in [0, 0.1) is 0 Å². The minimum atomic E-state index is 0.328. The minimum Gasteiger partial charge on any atom is -0.315 e. The van der Waals surface area contributed by atoms with Gasteiger partial charge in [0.25, 0.3) is 0 Å². The second-order valence-corrected chi connectivity index (χ2v) is 6.89. The number of benzene rings is 1. The van der Waals surface area contributed by atoms with E-state index in [9.17, 15) is 0 Å². The fourth-order valence-electron chi connectivity index (χ4n) is 3.99. The first-order valence-electron chi connectivity index (χ1n) is 7.65. The molecule has 1 aromatic rings. The quantitative estimate of drug-likeness (QED) is 0.876. The summed E-state index contributed by atoms with van der Waals surface area (Å²) in [5.74, 6) is 0. The Bertz CT molecular complexity index is 418. The van der Waals surface area contributed by atoms with E-state index in [0.717, 1.165) is 6.54 Å².